The van der Waals surface area contributed by atoms with Crippen LogP contribution in [0.4, 0.5) is 0 Å². The van der Waals surface area contributed by atoms with E-state index in [1.807, 2.05) is 32.7 Å². The maximum atomic E-state index is 12.1. The van der Waals surface area contributed by atoms with Crippen molar-refractivity contribution in [3.05, 3.63) is 0 Å². The first kappa shape index (κ1) is 11.5. The Bertz CT molecular complexity index is 209. The number of likely N-dealkylation sites (N-methyl/N-ethyl adjacent to an activating group) is 2. The van der Waals surface area contributed by atoms with Gasteiger partial charge in [0.1, 0.15) is 0 Å². The Morgan fingerprint density at radius 3 is 2.43 bits per heavy atom. The van der Waals surface area contributed by atoms with Crippen LogP contribution < -0.4 is 5.32 Å². The van der Waals surface area contributed by atoms with E-state index in [1.165, 1.54) is 12.8 Å². The summed E-state index contributed by atoms with van der Waals surface area (Å²) in [5.74, 6) is 0.987. The quantitative estimate of drug-likeness (QED) is 0.721. The Morgan fingerprint density at radius 1 is 1.50 bits per heavy atom. The summed E-state index contributed by atoms with van der Waals surface area (Å²) in [4.78, 5) is 14.0. The van der Waals surface area contributed by atoms with Crippen LogP contribution in [-0.4, -0.2) is 36.5 Å². The molecule has 1 N–H and O–H groups in total. The standard InChI is InChI=1S/C11H22N2O/c1-5-13(8-9-6-7-9)10(14)11(2,3)12-4/h9,12H,5-8H2,1-4H3. The zero-order chi connectivity index (χ0) is 10.8. The minimum atomic E-state index is -0.426. The Balaban J connectivity index is 2.53. The van der Waals surface area contributed by atoms with Gasteiger partial charge in [-0.05, 0) is 46.6 Å². The molecule has 0 unspecified atom stereocenters. The lowest BCUT2D eigenvalue weighted by Gasteiger charge is -2.31. The number of amides is 1. The molecule has 0 heterocycles. The minimum Gasteiger partial charge on any atom is -0.341 e. The van der Waals surface area contributed by atoms with Crippen molar-refractivity contribution in [2.24, 2.45) is 5.92 Å². The highest BCUT2D eigenvalue weighted by Crippen LogP contribution is 2.30. The van der Waals surface area contributed by atoms with Gasteiger partial charge in [-0.1, -0.05) is 0 Å². The van der Waals surface area contributed by atoms with Crippen LogP contribution in [0.15, 0.2) is 0 Å². The van der Waals surface area contributed by atoms with Gasteiger partial charge in [0.2, 0.25) is 5.91 Å². The summed E-state index contributed by atoms with van der Waals surface area (Å²) >= 11 is 0. The SMILES string of the molecule is CCN(CC1CC1)C(=O)C(C)(C)NC. The first-order valence-electron chi connectivity index (χ1n) is 5.49. The molecule has 0 atom stereocenters. The predicted octanol–water partition coefficient (Wildman–Crippen LogP) is 1.24. The van der Waals surface area contributed by atoms with E-state index >= 15 is 0 Å². The monoisotopic (exact) mass is 198 g/mol. The zero-order valence-electron chi connectivity index (χ0n) is 9.76. The number of nitrogens with zero attached hydrogens (tertiary/aromatic N) is 1. The normalized spacial score (nSPS) is 16.9. The maximum Gasteiger partial charge on any atom is 0.242 e. The number of rotatable bonds is 5. The molecule has 0 saturated heterocycles. The highest BCUT2D eigenvalue weighted by Gasteiger charge is 2.33. The Morgan fingerprint density at radius 2 is 2.07 bits per heavy atom. The summed E-state index contributed by atoms with van der Waals surface area (Å²) in [5, 5.41) is 3.06. The third-order valence-corrected chi connectivity index (χ3v) is 3.00. The van der Waals surface area contributed by atoms with Crippen LogP contribution in [0.5, 0.6) is 0 Å². The van der Waals surface area contributed by atoms with E-state index in [4.69, 9.17) is 0 Å². The first-order chi connectivity index (χ1) is 6.51. The van der Waals surface area contributed by atoms with Crippen molar-refractivity contribution < 1.29 is 4.79 Å². The van der Waals surface area contributed by atoms with Gasteiger partial charge in [0, 0.05) is 13.1 Å². The number of hydrogen-bond acceptors (Lipinski definition) is 2. The third kappa shape index (κ3) is 2.71. The molecule has 0 aromatic carbocycles. The van der Waals surface area contributed by atoms with Crippen LogP contribution in [0.25, 0.3) is 0 Å². The van der Waals surface area contributed by atoms with Crippen LogP contribution in [0.1, 0.15) is 33.6 Å². The average Bonchev–Trinajstić information content (AvgIpc) is 2.96. The molecule has 0 aliphatic heterocycles. The molecule has 0 radical (unpaired) electrons. The summed E-state index contributed by atoms with van der Waals surface area (Å²) < 4.78 is 0. The van der Waals surface area contributed by atoms with Gasteiger partial charge in [0.25, 0.3) is 0 Å². The van der Waals surface area contributed by atoms with Gasteiger partial charge in [0.15, 0.2) is 0 Å². The molecule has 0 spiro atoms. The second kappa shape index (κ2) is 4.30. The van der Waals surface area contributed by atoms with E-state index in [1.54, 1.807) is 0 Å². The molecule has 0 bridgehead atoms. The first-order valence-corrected chi connectivity index (χ1v) is 5.49. The largest absolute Gasteiger partial charge is 0.341 e. The van der Waals surface area contributed by atoms with Gasteiger partial charge in [0.05, 0.1) is 5.54 Å². The summed E-state index contributed by atoms with van der Waals surface area (Å²) in [7, 11) is 1.84. The van der Waals surface area contributed by atoms with Crippen LogP contribution in [0, 0.1) is 5.92 Å². The Hall–Kier alpha value is -0.570. The second-order valence-electron chi connectivity index (χ2n) is 4.66. The fourth-order valence-corrected chi connectivity index (χ4v) is 1.47. The van der Waals surface area contributed by atoms with Crippen molar-refractivity contribution in [1.29, 1.82) is 0 Å². The van der Waals surface area contributed by atoms with Crippen molar-refractivity contribution in [3.8, 4) is 0 Å². The van der Waals surface area contributed by atoms with E-state index in [2.05, 4.69) is 5.32 Å². The number of hydrogen-bond donors (Lipinski definition) is 1. The average molecular weight is 198 g/mol. The molecule has 3 heteroatoms. The topological polar surface area (TPSA) is 32.3 Å². The van der Waals surface area contributed by atoms with Crippen molar-refractivity contribution >= 4 is 5.91 Å². The van der Waals surface area contributed by atoms with Crippen molar-refractivity contribution in [2.75, 3.05) is 20.1 Å². The molecule has 3 nitrogen and oxygen atoms in total. The summed E-state index contributed by atoms with van der Waals surface area (Å²) in [6.07, 6.45) is 2.59. The lowest BCUT2D eigenvalue weighted by Crippen LogP contribution is -2.53. The van der Waals surface area contributed by atoms with Crippen LogP contribution in [0.3, 0.4) is 0 Å². The molecule has 14 heavy (non-hydrogen) atoms. The summed E-state index contributed by atoms with van der Waals surface area (Å²) in [5.41, 5.74) is -0.426. The molecule has 1 aliphatic rings. The number of carbonyl (C=O) groups excluding carboxylic acids is 1. The highest BCUT2D eigenvalue weighted by atomic mass is 16.2. The molecular formula is C11H22N2O. The smallest absolute Gasteiger partial charge is 0.242 e. The van der Waals surface area contributed by atoms with Gasteiger partial charge in [-0.3, -0.25) is 4.79 Å². The molecule has 1 aliphatic carbocycles. The number of carbonyl (C=O) groups is 1. The molecule has 1 saturated carbocycles. The molecule has 0 aromatic rings. The van der Waals surface area contributed by atoms with E-state index in [0.717, 1.165) is 19.0 Å². The van der Waals surface area contributed by atoms with Gasteiger partial charge in [-0.15, -0.1) is 0 Å². The summed E-state index contributed by atoms with van der Waals surface area (Å²) in [6, 6.07) is 0. The lowest BCUT2D eigenvalue weighted by molar-refractivity contribution is -0.137. The van der Waals surface area contributed by atoms with Crippen molar-refractivity contribution in [2.45, 2.75) is 39.2 Å². The fraction of sp³-hybridized carbons (Fsp3) is 0.909. The van der Waals surface area contributed by atoms with Crippen molar-refractivity contribution in [3.63, 3.8) is 0 Å². The second-order valence-corrected chi connectivity index (χ2v) is 4.66. The van der Waals surface area contributed by atoms with E-state index < -0.39 is 5.54 Å². The Kier molecular flexibility index (Phi) is 3.53. The van der Waals surface area contributed by atoms with Crippen molar-refractivity contribution in [1.82, 2.24) is 10.2 Å². The molecule has 1 rings (SSSR count). The van der Waals surface area contributed by atoms with E-state index in [0.29, 0.717) is 0 Å². The maximum absolute atomic E-state index is 12.1. The Labute approximate surface area is 86.9 Å². The molecule has 82 valence electrons. The van der Waals surface area contributed by atoms with E-state index in [9.17, 15) is 4.79 Å². The fourth-order valence-electron chi connectivity index (χ4n) is 1.47. The zero-order valence-corrected chi connectivity index (χ0v) is 9.76. The number of nitrogens with one attached hydrogen (secondary N) is 1. The summed E-state index contributed by atoms with van der Waals surface area (Å²) in [6.45, 7) is 7.68. The van der Waals surface area contributed by atoms with Gasteiger partial charge in [-0.2, -0.15) is 0 Å². The molecular weight excluding hydrogens is 176 g/mol. The molecule has 1 fully saturated rings. The van der Waals surface area contributed by atoms with E-state index in [-0.39, 0.29) is 5.91 Å². The van der Waals surface area contributed by atoms with Crippen LogP contribution in [0.2, 0.25) is 0 Å². The van der Waals surface area contributed by atoms with Gasteiger partial charge >= 0.3 is 0 Å². The highest BCUT2D eigenvalue weighted by molar-refractivity contribution is 5.85. The lowest BCUT2D eigenvalue weighted by atomic mass is 10.0. The van der Waals surface area contributed by atoms with Gasteiger partial charge in [-0.25, -0.2) is 0 Å². The molecule has 0 aromatic heterocycles. The molecule has 1 amide bonds. The predicted molar refractivity (Wildman–Crippen MR) is 58.1 cm³/mol. The third-order valence-electron chi connectivity index (χ3n) is 3.00. The minimum absolute atomic E-state index is 0.217. The van der Waals surface area contributed by atoms with Crippen LogP contribution in [-0.2, 0) is 4.79 Å². The van der Waals surface area contributed by atoms with Crippen LogP contribution >= 0.6 is 0 Å². The van der Waals surface area contributed by atoms with Gasteiger partial charge < -0.3 is 10.2 Å².